The highest BCUT2D eigenvalue weighted by Crippen LogP contribution is 2.25. The Bertz CT molecular complexity index is 923. The molecule has 2 aromatic carbocycles. The molecule has 3 atom stereocenters. The van der Waals surface area contributed by atoms with Gasteiger partial charge >= 0.3 is 0 Å². The van der Waals surface area contributed by atoms with Crippen LogP contribution in [0, 0.1) is 5.92 Å². The first kappa shape index (κ1) is 22.6. The van der Waals surface area contributed by atoms with Gasteiger partial charge in [-0.05, 0) is 37.0 Å². The maximum atomic E-state index is 13.4. The van der Waals surface area contributed by atoms with Gasteiger partial charge in [-0.2, -0.15) is 0 Å². The van der Waals surface area contributed by atoms with Gasteiger partial charge < -0.3 is 15.0 Å². The Morgan fingerprint density at radius 3 is 2.32 bits per heavy atom. The van der Waals surface area contributed by atoms with Crippen LogP contribution in [0.3, 0.4) is 0 Å². The molecule has 0 saturated heterocycles. The zero-order valence-electron chi connectivity index (χ0n) is 18.7. The van der Waals surface area contributed by atoms with Gasteiger partial charge in [0.15, 0.2) is 0 Å². The van der Waals surface area contributed by atoms with Crippen LogP contribution in [0.4, 0.5) is 0 Å². The molecule has 1 aliphatic heterocycles. The van der Waals surface area contributed by atoms with Crippen molar-refractivity contribution in [3.63, 3.8) is 0 Å². The van der Waals surface area contributed by atoms with E-state index in [2.05, 4.69) is 17.5 Å². The first-order valence-electron chi connectivity index (χ1n) is 10.9. The molecule has 0 aliphatic carbocycles. The Balaban J connectivity index is 1.99. The summed E-state index contributed by atoms with van der Waals surface area (Å²) in [6, 6.07) is 16.4. The van der Waals surface area contributed by atoms with Crippen LogP contribution in [0.5, 0.6) is 5.75 Å². The topological polar surface area (TPSA) is 58.6 Å². The summed E-state index contributed by atoms with van der Waals surface area (Å²) in [5, 5.41) is 3.19. The summed E-state index contributed by atoms with van der Waals surface area (Å²) in [5.41, 5.74) is 1.51. The highest BCUT2D eigenvalue weighted by atomic mass is 16.5. The van der Waals surface area contributed by atoms with Gasteiger partial charge in [-0.3, -0.25) is 9.59 Å². The number of likely N-dealkylation sites (N-methyl/N-ethyl adjacent to an activating group) is 1. The fraction of sp³-hybridized carbons (Fsp3) is 0.385. The van der Waals surface area contributed by atoms with E-state index in [4.69, 9.17) is 4.74 Å². The summed E-state index contributed by atoms with van der Waals surface area (Å²) in [6.07, 6.45) is 5.47. The third-order valence-electron chi connectivity index (χ3n) is 5.61. The van der Waals surface area contributed by atoms with Crippen LogP contribution in [0.15, 0.2) is 66.7 Å². The molecule has 5 nitrogen and oxygen atoms in total. The van der Waals surface area contributed by atoms with E-state index in [0.717, 1.165) is 5.56 Å². The normalized spacial score (nSPS) is 24.0. The minimum atomic E-state index is -0.601. The Morgan fingerprint density at radius 2 is 1.61 bits per heavy atom. The number of benzene rings is 2. The number of para-hydroxylation sites is 1. The lowest BCUT2D eigenvalue weighted by atomic mass is 9.98. The van der Waals surface area contributed by atoms with Crippen LogP contribution in [0.1, 0.15) is 55.6 Å². The fourth-order valence-electron chi connectivity index (χ4n) is 3.99. The Labute approximate surface area is 185 Å². The molecule has 3 rings (SSSR count). The molecular weight excluding hydrogens is 388 g/mol. The van der Waals surface area contributed by atoms with Gasteiger partial charge in [-0.1, -0.05) is 68.5 Å². The average molecular weight is 421 g/mol. The molecule has 1 N–H and O–H groups in total. The van der Waals surface area contributed by atoms with Crippen LogP contribution in [-0.4, -0.2) is 35.9 Å². The van der Waals surface area contributed by atoms with Crippen molar-refractivity contribution in [1.82, 2.24) is 10.2 Å². The van der Waals surface area contributed by atoms with Crippen molar-refractivity contribution < 1.29 is 14.3 Å². The van der Waals surface area contributed by atoms with Gasteiger partial charge in [-0.15, -0.1) is 0 Å². The van der Waals surface area contributed by atoms with Crippen molar-refractivity contribution >= 4 is 11.8 Å². The second kappa shape index (κ2) is 10.3. The van der Waals surface area contributed by atoms with E-state index in [0.29, 0.717) is 24.2 Å². The van der Waals surface area contributed by atoms with E-state index >= 15 is 0 Å². The molecular formula is C26H32N2O3. The summed E-state index contributed by atoms with van der Waals surface area (Å²) in [6.45, 7) is 5.91. The number of amides is 2. The Morgan fingerprint density at radius 1 is 0.968 bits per heavy atom. The summed E-state index contributed by atoms with van der Waals surface area (Å²) in [5.74, 6) is 0.112. The number of nitrogens with zero attached hydrogens (tertiary/aromatic N) is 1. The van der Waals surface area contributed by atoms with Crippen LogP contribution < -0.4 is 10.1 Å². The van der Waals surface area contributed by atoms with E-state index in [1.165, 1.54) is 4.90 Å². The third kappa shape index (κ3) is 5.54. The number of hydrogen-bond acceptors (Lipinski definition) is 3. The first-order valence-corrected chi connectivity index (χ1v) is 10.9. The zero-order valence-corrected chi connectivity index (χ0v) is 18.7. The number of carbonyl (C=O) groups is 2. The summed E-state index contributed by atoms with van der Waals surface area (Å²) >= 11 is 0. The minimum absolute atomic E-state index is 0.0548. The van der Waals surface area contributed by atoms with Crippen LogP contribution in [0.2, 0.25) is 0 Å². The van der Waals surface area contributed by atoms with E-state index in [-0.39, 0.29) is 29.9 Å². The third-order valence-corrected chi connectivity index (χ3v) is 5.61. The predicted molar refractivity (Wildman–Crippen MR) is 123 cm³/mol. The summed E-state index contributed by atoms with van der Waals surface area (Å²) in [4.78, 5) is 28.3. The lowest BCUT2D eigenvalue weighted by molar-refractivity contribution is -0.127. The van der Waals surface area contributed by atoms with E-state index in [1.54, 1.807) is 13.1 Å². The lowest BCUT2D eigenvalue weighted by Gasteiger charge is -2.32. The first-order chi connectivity index (χ1) is 14.9. The fourth-order valence-corrected chi connectivity index (χ4v) is 3.99. The van der Waals surface area contributed by atoms with Gasteiger partial charge in [0.05, 0.1) is 17.7 Å². The van der Waals surface area contributed by atoms with Crippen LogP contribution in [0.25, 0.3) is 0 Å². The number of rotatable bonds is 2. The Kier molecular flexibility index (Phi) is 7.50. The highest BCUT2D eigenvalue weighted by molar-refractivity contribution is 5.99. The SMILES string of the molecule is CC(C)[C@@H]1C(=O)N[C@H](c2ccccc2)C/C=C/C[C@@H](C)Oc2ccccc2C(=O)N1C. The van der Waals surface area contributed by atoms with Gasteiger partial charge in [0.25, 0.3) is 5.91 Å². The number of fused-ring (bicyclic) bond motifs is 1. The summed E-state index contributed by atoms with van der Waals surface area (Å²) < 4.78 is 6.09. The predicted octanol–water partition coefficient (Wildman–Crippen LogP) is 4.76. The van der Waals surface area contributed by atoms with Crippen molar-refractivity contribution in [3.8, 4) is 5.75 Å². The molecule has 2 amide bonds. The van der Waals surface area contributed by atoms with Crippen molar-refractivity contribution in [2.75, 3.05) is 7.05 Å². The maximum Gasteiger partial charge on any atom is 0.258 e. The molecule has 0 spiro atoms. The van der Waals surface area contributed by atoms with E-state index < -0.39 is 6.04 Å². The minimum Gasteiger partial charge on any atom is -0.490 e. The maximum absolute atomic E-state index is 13.4. The molecule has 0 fully saturated rings. The van der Waals surface area contributed by atoms with Gasteiger partial charge in [0, 0.05) is 13.5 Å². The molecule has 1 heterocycles. The average Bonchev–Trinajstić information content (AvgIpc) is 2.75. The number of carbonyl (C=O) groups excluding carboxylic acids is 2. The molecule has 2 aromatic rings. The molecule has 31 heavy (non-hydrogen) atoms. The zero-order chi connectivity index (χ0) is 22.4. The van der Waals surface area contributed by atoms with Crippen LogP contribution in [-0.2, 0) is 4.79 Å². The van der Waals surface area contributed by atoms with Crippen molar-refractivity contribution in [2.45, 2.75) is 51.8 Å². The quantitative estimate of drug-likeness (QED) is 0.713. The molecule has 164 valence electrons. The summed E-state index contributed by atoms with van der Waals surface area (Å²) in [7, 11) is 1.69. The van der Waals surface area contributed by atoms with E-state index in [1.807, 2.05) is 69.3 Å². The molecule has 5 heteroatoms. The highest BCUT2D eigenvalue weighted by Gasteiger charge is 2.33. The molecule has 0 bridgehead atoms. The van der Waals surface area contributed by atoms with Gasteiger partial charge in [-0.25, -0.2) is 0 Å². The van der Waals surface area contributed by atoms with Crippen molar-refractivity contribution in [1.29, 1.82) is 0 Å². The van der Waals surface area contributed by atoms with Crippen molar-refractivity contribution in [2.24, 2.45) is 5.92 Å². The molecule has 0 radical (unpaired) electrons. The standard InChI is InChI=1S/C26H32N2O3/c1-18(2)24-25(29)27-22(20-13-6-5-7-14-20)16-10-8-12-19(3)31-23-17-11-9-15-21(23)26(30)28(24)4/h5-11,13-15,17-19,22,24H,12,16H2,1-4H3,(H,27,29)/b10-8+/t19-,22+,24-/m1/s1. The van der Waals surface area contributed by atoms with Gasteiger partial charge in [0.1, 0.15) is 11.8 Å². The van der Waals surface area contributed by atoms with Crippen LogP contribution >= 0.6 is 0 Å². The molecule has 0 saturated carbocycles. The number of hydrogen-bond donors (Lipinski definition) is 1. The molecule has 0 aromatic heterocycles. The second-order valence-corrected chi connectivity index (χ2v) is 8.44. The Hall–Kier alpha value is -3.08. The largest absolute Gasteiger partial charge is 0.490 e. The monoisotopic (exact) mass is 420 g/mol. The second-order valence-electron chi connectivity index (χ2n) is 8.44. The molecule has 0 unspecified atom stereocenters. The van der Waals surface area contributed by atoms with Crippen molar-refractivity contribution in [3.05, 3.63) is 77.9 Å². The number of nitrogens with one attached hydrogen (secondary N) is 1. The lowest BCUT2D eigenvalue weighted by Crippen LogP contribution is -2.51. The smallest absolute Gasteiger partial charge is 0.258 e. The molecule has 1 aliphatic rings. The van der Waals surface area contributed by atoms with Gasteiger partial charge in [0.2, 0.25) is 5.91 Å². The number of ether oxygens (including phenoxy) is 1. The van der Waals surface area contributed by atoms with E-state index in [9.17, 15) is 9.59 Å².